The first kappa shape index (κ1) is 33.8. The summed E-state index contributed by atoms with van der Waals surface area (Å²) < 4.78 is 43.8. The maximum Gasteiger partial charge on any atom is 0.269 e. The molecule has 12 heteroatoms. The van der Waals surface area contributed by atoms with Crippen LogP contribution in [-0.2, 0) is 32.6 Å². The van der Waals surface area contributed by atoms with E-state index < -0.39 is 45.2 Å². The first-order valence-electron chi connectivity index (χ1n) is 14.6. The minimum atomic E-state index is -4.38. The number of carbonyl (C=O) groups is 2. The smallest absolute Gasteiger partial charge is 0.269 e. The first-order valence-corrected chi connectivity index (χ1v) is 16.1. The molecule has 0 aliphatic heterocycles. The normalized spacial score (nSPS) is 11.9. The zero-order chi connectivity index (χ0) is 33.3. The number of nitrogens with one attached hydrogen (secondary N) is 1. The van der Waals surface area contributed by atoms with E-state index in [9.17, 15) is 32.5 Å². The molecule has 0 unspecified atom stereocenters. The highest BCUT2D eigenvalue weighted by atomic mass is 32.2. The van der Waals surface area contributed by atoms with Crippen molar-refractivity contribution in [3.63, 3.8) is 0 Å². The van der Waals surface area contributed by atoms with E-state index in [-0.39, 0.29) is 40.7 Å². The Labute approximate surface area is 267 Å². The number of sulfonamides is 1. The number of halogens is 1. The lowest BCUT2D eigenvalue weighted by Gasteiger charge is -2.34. The number of benzene rings is 4. The number of non-ortho nitro benzene ring substituents is 1. The Balaban J connectivity index is 1.81. The Kier molecular flexibility index (Phi) is 11.2. The summed E-state index contributed by atoms with van der Waals surface area (Å²) in [6.45, 7) is 3.07. The fourth-order valence-electron chi connectivity index (χ4n) is 4.78. The van der Waals surface area contributed by atoms with Crippen LogP contribution < -0.4 is 9.62 Å². The van der Waals surface area contributed by atoms with Crippen molar-refractivity contribution in [3.8, 4) is 0 Å². The van der Waals surface area contributed by atoms with Gasteiger partial charge >= 0.3 is 0 Å². The highest BCUT2D eigenvalue weighted by Crippen LogP contribution is 2.27. The molecule has 2 amide bonds. The van der Waals surface area contributed by atoms with Crippen LogP contribution in [-0.4, -0.2) is 49.2 Å². The van der Waals surface area contributed by atoms with E-state index in [1.54, 1.807) is 36.4 Å². The van der Waals surface area contributed by atoms with Crippen LogP contribution in [0.4, 0.5) is 15.8 Å². The van der Waals surface area contributed by atoms with Crippen molar-refractivity contribution in [2.45, 2.75) is 37.8 Å². The van der Waals surface area contributed by atoms with E-state index in [1.165, 1.54) is 59.5 Å². The van der Waals surface area contributed by atoms with E-state index in [2.05, 4.69) is 5.32 Å². The molecule has 0 spiro atoms. The molecule has 4 aromatic rings. The number of rotatable bonds is 14. The number of hydrogen-bond acceptors (Lipinski definition) is 6. The lowest BCUT2D eigenvalue weighted by atomic mass is 10.0. The fourth-order valence-corrected chi connectivity index (χ4v) is 6.21. The van der Waals surface area contributed by atoms with Gasteiger partial charge in [-0.2, -0.15) is 0 Å². The van der Waals surface area contributed by atoms with Crippen molar-refractivity contribution in [2.75, 3.05) is 17.4 Å². The van der Waals surface area contributed by atoms with Crippen LogP contribution in [0, 0.1) is 21.8 Å². The van der Waals surface area contributed by atoms with Gasteiger partial charge in [-0.15, -0.1) is 0 Å². The molecule has 0 aliphatic carbocycles. The summed E-state index contributed by atoms with van der Waals surface area (Å²) in [7, 11) is -4.38. The molecule has 4 aromatic carbocycles. The number of hydrogen-bond donors (Lipinski definition) is 1. The van der Waals surface area contributed by atoms with Crippen LogP contribution in [0.15, 0.2) is 114 Å². The van der Waals surface area contributed by atoms with Crippen molar-refractivity contribution < 1.29 is 27.3 Å². The maximum absolute atomic E-state index is 15.0. The quantitative estimate of drug-likeness (QED) is 0.145. The van der Waals surface area contributed by atoms with Gasteiger partial charge in [0, 0.05) is 37.2 Å². The van der Waals surface area contributed by atoms with Gasteiger partial charge in [-0.1, -0.05) is 80.6 Å². The second-order valence-corrected chi connectivity index (χ2v) is 12.9. The molecule has 0 aromatic heterocycles. The van der Waals surface area contributed by atoms with Gasteiger partial charge in [0.15, 0.2) is 0 Å². The van der Waals surface area contributed by atoms with Crippen LogP contribution in [0.1, 0.15) is 25.0 Å². The molecule has 0 heterocycles. The van der Waals surface area contributed by atoms with Crippen LogP contribution in [0.25, 0.3) is 0 Å². The molecule has 1 atom stereocenters. The van der Waals surface area contributed by atoms with Gasteiger partial charge in [0.05, 0.1) is 15.5 Å². The molecule has 0 fully saturated rings. The molecule has 46 heavy (non-hydrogen) atoms. The summed E-state index contributed by atoms with van der Waals surface area (Å²) in [6, 6.07) is 25.9. The Bertz CT molecular complexity index is 1750. The average molecular weight is 647 g/mol. The van der Waals surface area contributed by atoms with Crippen LogP contribution in [0.5, 0.6) is 0 Å². The molecule has 4 rings (SSSR count). The summed E-state index contributed by atoms with van der Waals surface area (Å²) in [6.07, 6.45) is 0.0773. The molecule has 0 saturated carbocycles. The highest BCUT2D eigenvalue weighted by molar-refractivity contribution is 7.92. The number of nitrogens with zero attached hydrogens (tertiary/aromatic N) is 3. The van der Waals surface area contributed by atoms with Gasteiger partial charge in [-0.25, -0.2) is 12.8 Å². The van der Waals surface area contributed by atoms with Gasteiger partial charge in [0.25, 0.3) is 15.7 Å². The molecule has 0 radical (unpaired) electrons. The van der Waals surface area contributed by atoms with E-state index in [0.717, 1.165) is 22.0 Å². The van der Waals surface area contributed by atoms with Crippen molar-refractivity contribution in [1.29, 1.82) is 0 Å². The summed E-state index contributed by atoms with van der Waals surface area (Å²) in [5, 5.41) is 14.2. The third kappa shape index (κ3) is 8.54. The zero-order valence-corrected chi connectivity index (χ0v) is 26.3. The number of amides is 2. The third-order valence-electron chi connectivity index (χ3n) is 7.21. The second-order valence-electron chi connectivity index (χ2n) is 11.1. The molecule has 0 aliphatic rings. The molecule has 0 saturated heterocycles. The first-order chi connectivity index (χ1) is 22.0. The van der Waals surface area contributed by atoms with Crippen molar-refractivity contribution in [1.82, 2.24) is 10.2 Å². The van der Waals surface area contributed by atoms with Gasteiger partial charge in [0.1, 0.15) is 18.4 Å². The summed E-state index contributed by atoms with van der Waals surface area (Å²) in [5.74, 6) is -1.74. The highest BCUT2D eigenvalue weighted by Gasteiger charge is 2.35. The maximum atomic E-state index is 15.0. The second kappa shape index (κ2) is 15.3. The Morgan fingerprint density at radius 3 is 2.04 bits per heavy atom. The Morgan fingerprint density at radius 2 is 1.46 bits per heavy atom. The van der Waals surface area contributed by atoms with E-state index in [4.69, 9.17) is 0 Å². The molecule has 1 N–H and O–H groups in total. The fraction of sp³-hybridized carbons (Fsp3) is 0.235. The Morgan fingerprint density at radius 1 is 0.870 bits per heavy atom. The number of nitro benzene ring substituents is 1. The van der Waals surface area contributed by atoms with Crippen LogP contribution in [0.2, 0.25) is 0 Å². The minimum absolute atomic E-state index is 0.00230. The zero-order valence-electron chi connectivity index (χ0n) is 25.5. The average Bonchev–Trinajstić information content (AvgIpc) is 3.05. The van der Waals surface area contributed by atoms with Crippen LogP contribution in [0.3, 0.4) is 0 Å². The lowest BCUT2D eigenvalue weighted by Crippen LogP contribution is -2.53. The standard InChI is InChI=1S/C34H35FN4O6S/c1-25(2)22-36-34(41)32(21-26-11-5-3-6-12-26)37(23-27-13-9-10-16-31(27)35)33(40)24-38(28-17-19-29(20-18-28)39(42)43)46(44,45)30-14-7-4-8-15-30/h3-20,25,32H,21-24H2,1-2H3,(H,36,41)/t32-/m0/s1. The van der Waals surface area contributed by atoms with Crippen molar-refractivity contribution in [3.05, 3.63) is 136 Å². The monoisotopic (exact) mass is 646 g/mol. The molecule has 240 valence electrons. The van der Waals surface area contributed by atoms with Gasteiger partial charge in [-0.3, -0.25) is 24.0 Å². The van der Waals surface area contributed by atoms with Gasteiger partial charge < -0.3 is 10.2 Å². The summed E-state index contributed by atoms with van der Waals surface area (Å²) in [4.78, 5) is 39.9. The summed E-state index contributed by atoms with van der Waals surface area (Å²) in [5.41, 5.74) is 0.608. The SMILES string of the molecule is CC(C)CNC(=O)[C@H](Cc1ccccc1)N(Cc1ccccc1F)C(=O)CN(c1ccc([N+](=O)[O-])cc1)S(=O)(=O)c1ccccc1. The molecule has 0 bridgehead atoms. The van der Waals surface area contributed by atoms with Crippen molar-refractivity contribution >= 4 is 33.2 Å². The van der Waals surface area contributed by atoms with E-state index in [0.29, 0.717) is 6.54 Å². The summed E-state index contributed by atoms with van der Waals surface area (Å²) >= 11 is 0. The largest absolute Gasteiger partial charge is 0.354 e. The third-order valence-corrected chi connectivity index (χ3v) is 9.00. The van der Waals surface area contributed by atoms with Crippen LogP contribution >= 0.6 is 0 Å². The van der Waals surface area contributed by atoms with Crippen molar-refractivity contribution in [2.24, 2.45) is 5.92 Å². The van der Waals surface area contributed by atoms with E-state index in [1.807, 2.05) is 19.9 Å². The number of nitro groups is 1. The molecular formula is C34H35FN4O6S. The predicted molar refractivity (Wildman–Crippen MR) is 173 cm³/mol. The van der Waals surface area contributed by atoms with Gasteiger partial charge in [0.2, 0.25) is 11.8 Å². The number of anilines is 1. The van der Waals surface area contributed by atoms with Gasteiger partial charge in [-0.05, 0) is 41.8 Å². The Hall–Kier alpha value is -5.10. The number of carbonyl (C=O) groups excluding carboxylic acids is 2. The topological polar surface area (TPSA) is 130 Å². The minimum Gasteiger partial charge on any atom is -0.354 e. The lowest BCUT2D eigenvalue weighted by molar-refractivity contribution is -0.384. The predicted octanol–water partition coefficient (Wildman–Crippen LogP) is 5.34. The van der Waals surface area contributed by atoms with E-state index >= 15 is 0 Å². The molecular weight excluding hydrogens is 611 g/mol. The molecule has 10 nitrogen and oxygen atoms in total.